The molecule has 1 aromatic carbocycles. The Labute approximate surface area is 141 Å². The van der Waals surface area contributed by atoms with Crippen molar-refractivity contribution in [2.24, 2.45) is 11.8 Å². The minimum atomic E-state index is 0.196. The van der Waals surface area contributed by atoms with E-state index in [1.807, 2.05) is 6.07 Å². The van der Waals surface area contributed by atoms with Gasteiger partial charge in [0.15, 0.2) is 0 Å². The van der Waals surface area contributed by atoms with Crippen LogP contribution in [0.5, 0.6) is 0 Å². The van der Waals surface area contributed by atoms with Gasteiger partial charge in [0, 0.05) is 26.1 Å². The maximum atomic E-state index is 11.9. The molecule has 1 amide bonds. The first-order chi connectivity index (χ1) is 11.1. The molecule has 1 aliphatic heterocycles. The number of benzene rings is 1. The third kappa shape index (κ3) is 7.17. The standard InChI is InChI=1S/C20H32N2O/c1-17-14-18(2)16-22(15-17)13-7-12-21-20(23)11-6-10-19-8-4-3-5-9-19/h3-5,8-9,17-18H,6-7,10-16H2,1-2H3,(H,21,23)/t17-,18+. The van der Waals surface area contributed by atoms with Crippen molar-refractivity contribution in [3.05, 3.63) is 35.9 Å². The summed E-state index contributed by atoms with van der Waals surface area (Å²) in [6, 6.07) is 10.4. The molecule has 0 radical (unpaired) electrons. The number of carbonyl (C=O) groups excluding carboxylic acids is 1. The van der Waals surface area contributed by atoms with E-state index in [4.69, 9.17) is 0 Å². The second-order valence-electron chi connectivity index (χ2n) is 7.25. The van der Waals surface area contributed by atoms with Gasteiger partial charge in [-0.3, -0.25) is 4.79 Å². The highest BCUT2D eigenvalue weighted by molar-refractivity contribution is 5.75. The number of piperidine rings is 1. The maximum absolute atomic E-state index is 11.9. The second-order valence-corrected chi connectivity index (χ2v) is 7.25. The van der Waals surface area contributed by atoms with Crippen molar-refractivity contribution in [1.29, 1.82) is 0 Å². The lowest BCUT2D eigenvalue weighted by Gasteiger charge is -2.34. The average Bonchev–Trinajstić information content (AvgIpc) is 2.52. The molecule has 3 heteroatoms. The van der Waals surface area contributed by atoms with Gasteiger partial charge in [-0.25, -0.2) is 0 Å². The number of amides is 1. The monoisotopic (exact) mass is 316 g/mol. The van der Waals surface area contributed by atoms with E-state index >= 15 is 0 Å². The summed E-state index contributed by atoms with van der Waals surface area (Å²) in [4.78, 5) is 14.4. The van der Waals surface area contributed by atoms with Crippen molar-refractivity contribution in [3.8, 4) is 0 Å². The Hall–Kier alpha value is -1.35. The van der Waals surface area contributed by atoms with Crippen molar-refractivity contribution in [1.82, 2.24) is 10.2 Å². The van der Waals surface area contributed by atoms with Crippen LogP contribution < -0.4 is 5.32 Å². The van der Waals surface area contributed by atoms with E-state index in [1.54, 1.807) is 0 Å². The number of aryl methyl sites for hydroxylation is 1. The molecule has 2 atom stereocenters. The minimum absolute atomic E-state index is 0.196. The minimum Gasteiger partial charge on any atom is -0.356 e. The summed E-state index contributed by atoms with van der Waals surface area (Å²) in [5.41, 5.74) is 1.31. The highest BCUT2D eigenvalue weighted by Gasteiger charge is 2.20. The Kier molecular flexibility index (Phi) is 7.60. The molecule has 0 aliphatic carbocycles. The molecule has 3 nitrogen and oxygen atoms in total. The van der Waals surface area contributed by atoms with Crippen LogP contribution in [0, 0.1) is 11.8 Å². The van der Waals surface area contributed by atoms with Crippen molar-refractivity contribution >= 4 is 5.91 Å². The summed E-state index contributed by atoms with van der Waals surface area (Å²) in [7, 11) is 0. The highest BCUT2D eigenvalue weighted by Crippen LogP contribution is 2.20. The lowest BCUT2D eigenvalue weighted by atomic mass is 9.92. The fraction of sp³-hybridized carbons (Fsp3) is 0.650. The van der Waals surface area contributed by atoms with Crippen molar-refractivity contribution < 1.29 is 4.79 Å². The lowest BCUT2D eigenvalue weighted by Crippen LogP contribution is -2.40. The number of nitrogens with one attached hydrogen (secondary N) is 1. The lowest BCUT2D eigenvalue weighted by molar-refractivity contribution is -0.121. The molecule has 0 unspecified atom stereocenters. The fourth-order valence-corrected chi connectivity index (χ4v) is 3.69. The van der Waals surface area contributed by atoms with Gasteiger partial charge >= 0.3 is 0 Å². The van der Waals surface area contributed by atoms with Gasteiger partial charge in [0.1, 0.15) is 0 Å². The molecule has 128 valence electrons. The number of hydrogen-bond donors (Lipinski definition) is 1. The van der Waals surface area contributed by atoms with Crippen molar-refractivity contribution in [2.75, 3.05) is 26.2 Å². The molecule has 0 bridgehead atoms. The summed E-state index contributed by atoms with van der Waals surface area (Å²) in [6.07, 6.45) is 4.96. The van der Waals surface area contributed by atoms with Crippen LogP contribution in [0.15, 0.2) is 30.3 Å². The Morgan fingerprint density at radius 2 is 1.83 bits per heavy atom. The number of nitrogens with zero attached hydrogens (tertiary/aromatic N) is 1. The SMILES string of the molecule is C[C@@H]1C[C@H](C)CN(CCCNC(=O)CCCc2ccccc2)C1. The van der Waals surface area contributed by atoms with Crippen LogP contribution in [0.3, 0.4) is 0 Å². The van der Waals surface area contributed by atoms with Gasteiger partial charge in [-0.05, 0) is 49.6 Å². The largest absolute Gasteiger partial charge is 0.356 e. The number of carbonyl (C=O) groups is 1. The van der Waals surface area contributed by atoms with Gasteiger partial charge in [0.25, 0.3) is 0 Å². The first kappa shape index (κ1) is 18.0. The normalized spacial score (nSPS) is 22.0. The fourth-order valence-electron chi connectivity index (χ4n) is 3.69. The van der Waals surface area contributed by atoms with Crippen LogP contribution in [0.2, 0.25) is 0 Å². The molecule has 1 aliphatic rings. The predicted octanol–water partition coefficient (Wildman–Crippen LogP) is 3.49. The zero-order valence-corrected chi connectivity index (χ0v) is 14.8. The molecule has 2 rings (SSSR count). The maximum Gasteiger partial charge on any atom is 0.220 e. The van der Waals surface area contributed by atoms with E-state index in [1.165, 1.54) is 25.1 Å². The van der Waals surface area contributed by atoms with Gasteiger partial charge in [-0.1, -0.05) is 44.2 Å². The van der Waals surface area contributed by atoms with Gasteiger partial charge in [0.05, 0.1) is 0 Å². The number of hydrogen-bond acceptors (Lipinski definition) is 2. The first-order valence-corrected chi connectivity index (χ1v) is 9.16. The zero-order valence-electron chi connectivity index (χ0n) is 14.8. The smallest absolute Gasteiger partial charge is 0.220 e. The second kappa shape index (κ2) is 9.71. The van der Waals surface area contributed by atoms with E-state index in [0.29, 0.717) is 6.42 Å². The predicted molar refractivity (Wildman–Crippen MR) is 96.4 cm³/mol. The Morgan fingerprint density at radius 1 is 1.13 bits per heavy atom. The summed E-state index contributed by atoms with van der Waals surface area (Å²) < 4.78 is 0. The van der Waals surface area contributed by atoms with Gasteiger partial charge in [0.2, 0.25) is 5.91 Å². The quantitative estimate of drug-likeness (QED) is 0.745. The summed E-state index contributed by atoms with van der Waals surface area (Å²) in [6.45, 7) is 9.04. The third-order valence-electron chi connectivity index (χ3n) is 4.63. The molecular formula is C20H32N2O. The van der Waals surface area contributed by atoms with Gasteiger partial charge in [-0.15, -0.1) is 0 Å². The first-order valence-electron chi connectivity index (χ1n) is 9.16. The molecule has 0 saturated carbocycles. The summed E-state index contributed by atoms with van der Waals surface area (Å²) in [5, 5.41) is 3.07. The molecule has 0 aromatic heterocycles. The number of likely N-dealkylation sites (tertiary alicyclic amines) is 1. The molecule has 1 aromatic rings. The van der Waals surface area contributed by atoms with Crippen LogP contribution in [0.25, 0.3) is 0 Å². The van der Waals surface area contributed by atoms with Crippen LogP contribution in [-0.4, -0.2) is 37.0 Å². The van der Waals surface area contributed by atoms with Gasteiger partial charge < -0.3 is 10.2 Å². The van der Waals surface area contributed by atoms with E-state index in [-0.39, 0.29) is 5.91 Å². The Bertz CT molecular complexity index is 450. The molecule has 23 heavy (non-hydrogen) atoms. The number of rotatable bonds is 8. The van der Waals surface area contributed by atoms with Gasteiger partial charge in [-0.2, -0.15) is 0 Å². The van der Waals surface area contributed by atoms with Crippen LogP contribution in [0.1, 0.15) is 45.1 Å². The van der Waals surface area contributed by atoms with Crippen molar-refractivity contribution in [2.45, 2.75) is 46.0 Å². The van der Waals surface area contributed by atoms with Crippen LogP contribution in [-0.2, 0) is 11.2 Å². The van der Waals surface area contributed by atoms with Crippen molar-refractivity contribution in [3.63, 3.8) is 0 Å². The van der Waals surface area contributed by atoms with Crippen LogP contribution in [0.4, 0.5) is 0 Å². The molecule has 1 N–H and O–H groups in total. The molecule has 0 spiro atoms. The summed E-state index contributed by atoms with van der Waals surface area (Å²) in [5.74, 6) is 1.82. The Balaban J connectivity index is 1.51. The zero-order chi connectivity index (χ0) is 16.5. The van der Waals surface area contributed by atoms with E-state index < -0.39 is 0 Å². The van der Waals surface area contributed by atoms with E-state index in [9.17, 15) is 4.79 Å². The van der Waals surface area contributed by atoms with Crippen LogP contribution >= 0.6 is 0 Å². The molecule has 1 heterocycles. The molecule has 1 fully saturated rings. The topological polar surface area (TPSA) is 32.3 Å². The van der Waals surface area contributed by atoms with E-state index in [0.717, 1.165) is 44.2 Å². The molecule has 1 saturated heterocycles. The molecular weight excluding hydrogens is 284 g/mol. The van der Waals surface area contributed by atoms with E-state index in [2.05, 4.69) is 48.3 Å². The summed E-state index contributed by atoms with van der Waals surface area (Å²) >= 11 is 0. The highest BCUT2D eigenvalue weighted by atomic mass is 16.1. The third-order valence-corrected chi connectivity index (χ3v) is 4.63. The Morgan fingerprint density at radius 3 is 2.52 bits per heavy atom. The average molecular weight is 316 g/mol.